The van der Waals surface area contributed by atoms with Crippen LogP contribution in [0.15, 0.2) is 23.4 Å². The number of benzene rings is 1. The van der Waals surface area contributed by atoms with Crippen LogP contribution in [0.1, 0.15) is 25.8 Å². The minimum Gasteiger partial charge on any atom is -0.495 e. The normalized spacial score (nSPS) is 14.4. The topological polar surface area (TPSA) is 106 Å². The molecule has 0 spiro atoms. The van der Waals surface area contributed by atoms with Gasteiger partial charge in [-0.05, 0) is 31.5 Å². The van der Waals surface area contributed by atoms with Crippen molar-refractivity contribution in [2.75, 3.05) is 19.5 Å². The van der Waals surface area contributed by atoms with Crippen molar-refractivity contribution in [1.29, 1.82) is 0 Å². The van der Waals surface area contributed by atoms with Crippen molar-refractivity contribution in [3.63, 3.8) is 0 Å². The largest absolute Gasteiger partial charge is 0.495 e. The summed E-state index contributed by atoms with van der Waals surface area (Å²) in [7, 11) is 2.96. The van der Waals surface area contributed by atoms with Gasteiger partial charge in [-0.3, -0.25) is 4.79 Å². The van der Waals surface area contributed by atoms with Gasteiger partial charge < -0.3 is 25.7 Å². The second-order valence-electron chi connectivity index (χ2n) is 4.64. The second-order valence-corrected chi connectivity index (χ2v) is 4.64. The summed E-state index contributed by atoms with van der Waals surface area (Å²) < 4.78 is 10.5. The zero-order chi connectivity index (χ0) is 16.0. The van der Waals surface area contributed by atoms with Gasteiger partial charge in [-0.15, -0.1) is 0 Å². The lowest BCUT2D eigenvalue weighted by Crippen LogP contribution is -2.41. The molecule has 1 unspecified atom stereocenters. The van der Waals surface area contributed by atoms with Crippen LogP contribution in [-0.4, -0.2) is 36.8 Å². The average molecular weight is 295 g/mol. The molecular formula is C14H21N3O4. The summed E-state index contributed by atoms with van der Waals surface area (Å²) in [5.74, 6) is 0.0887. The molecule has 1 aromatic rings. The van der Waals surface area contributed by atoms with Crippen LogP contribution in [0.5, 0.6) is 5.75 Å². The maximum atomic E-state index is 12.3. The third-order valence-corrected chi connectivity index (χ3v) is 3.46. The van der Waals surface area contributed by atoms with Gasteiger partial charge >= 0.3 is 0 Å². The van der Waals surface area contributed by atoms with E-state index in [1.807, 2.05) is 6.92 Å². The van der Waals surface area contributed by atoms with E-state index in [-0.39, 0.29) is 11.7 Å². The highest BCUT2D eigenvalue weighted by Crippen LogP contribution is 2.27. The van der Waals surface area contributed by atoms with Gasteiger partial charge in [0.1, 0.15) is 11.4 Å². The predicted octanol–water partition coefficient (Wildman–Crippen LogP) is 1.54. The number of carbonyl (C=O) groups is 1. The monoisotopic (exact) mass is 295 g/mol. The first-order valence-corrected chi connectivity index (χ1v) is 6.44. The lowest BCUT2D eigenvalue weighted by molar-refractivity contribution is -0.136. The molecule has 0 aliphatic carbocycles. The van der Waals surface area contributed by atoms with Crippen LogP contribution >= 0.6 is 0 Å². The maximum absolute atomic E-state index is 12.3. The number of hydrogen-bond acceptors (Lipinski definition) is 5. The lowest BCUT2D eigenvalue weighted by atomic mass is 10.0. The fourth-order valence-electron chi connectivity index (χ4n) is 1.66. The van der Waals surface area contributed by atoms with E-state index >= 15 is 0 Å². The van der Waals surface area contributed by atoms with Crippen LogP contribution in [-0.2, 0) is 9.53 Å². The van der Waals surface area contributed by atoms with Crippen LogP contribution < -0.4 is 15.8 Å². The zero-order valence-electron chi connectivity index (χ0n) is 12.6. The number of nitrogens with two attached hydrogens (primary N) is 1. The van der Waals surface area contributed by atoms with Gasteiger partial charge in [0, 0.05) is 12.7 Å². The van der Waals surface area contributed by atoms with E-state index in [2.05, 4.69) is 10.5 Å². The highest BCUT2D eigenvalue weighted by molar-refractivity contribution is 6.01. The van der Waals surface area contributed by atoms with Gasteiger partial charge in [-0.1, -0.05) is 12.1 Å². The van der Waals surface area contributed by atoms with Crippen molar-refractivity contribution in [3.05, 3.63) is 23.8 Å². The fraction of sp³-hybridized carbons (Fsp3) is 0.429. The maximum Gasteiger partial charge on any atom is 0.256 e. The van der Waals surface area contributed by atoms with Crippen molar-refractivity contribution < 1.29 is 19.5 Å². The van der Waals surface area contributed by atoms with E-state index in [4.69, 9.17) is 20.4 Å². The number of hydrogen-bond donors (Lipinski definition) is 3. The quantitative estimate of drug-likeness (QED) is 0.319. The second kappa shape index (κ2) is 6.94. The van der Waals surface area contributed by atoms with E-state index in [1.54, 1.807) is 25.1 Å². The van der Waals surface area contributed by atoms with Gasteiger partial charge in [-0.2, -0.15) is 0 Å². The van der Waals surface area contributed by atoms with Crippen molar-refractivity contribution in [1.82, 2.24) is 0 Å². The summed E-state index contributed by atoms with van der Waals surface area (Å²) in [4.78, 5) is 12.3. The molecule has 0 saturated carbocycles. The van der Waals surface area contributed by atoms with Gasteiger partial charge in [0.05, 0.1) is 12.8 Å². The molecule has 0 heterocycles. The summed E-state index contributed by atoms with van der Waals surface area (Å²) in [6.45, 7) is 3.57. The molecule has 0 aliphatic rings. The van der Waals surface area contributed by atoms with Crippen molar-refractivity contribution in [2.24, 2.45) is 10.9 Å². The van der Waals surface area contributed by atoms with Crippen LogP contribution in [0.2, 0.25) is 0 Å². The molecule has 1 rings (SSSR count). The first kappa shape index (κ1) is 16.8. The third kappa shape index (κ3) is 3.63. The Morgan fingerprint density at radius 1 is 1.48 bits per heavy atom. The summed E-state index contributed by atoms with van der Waals surface area (Å²) in [5.41, 5.74) is 5.56. The number of rotatable bonds is 6. The molecule has 0 saturated heterocycles. The SMILES string of the molecule is CCC(C)(OC)C(=O)Nc1ccc(/C(N)=N/O)cc1OC. The van der Waals surface area contributed by atoms with E-state index in [0.717, 1.165) is 0 Å². The standard InChI is InChI=1S/C14H21N3O4/c1-5-14(2,21-4)13(18)16-10-7-6-9(12(15)17-19)8-11(10)20-3/h6-8,19H,5H2,1-4H3,(H2,15,17)(H,16,18). The molecule has 0 radical (unpaired) electrons. The summed E-state index contributed by atoms with van der Waals surface area (Å²) >= 11 is 0. The summed E-state index contributed by atoms with van der Waals surface area (Å²) in [6, 6.07) is 4.81. The fourth-order valence-corrected chi connectivity index (χ4v) is 1.66. The van der Waals surface area contributed by atoms with Gasteiger partial charge in [0.2, 0.25) is 0 Å². The molecule has 1 amide bonds. The van der Waals surface area contributed by atoms with Gasteiger partial charge in [0.25, 0.3) is 5.91 Å². The molecule has 1 aromatic carbocycles. The van der Waals surface area contributed by atoms with Crippen LogP contribution in [0.3, 0.4) is 0 Å². The Morgan fingerprint density at radius 2 is 2.14 bits per heavy atom. The van der Waals surface area contributed by atoms with Crippen LogP contribution in [0, 0.1) is 0 Å². The number of amidine groups is 1. The van der Waals surface area contributed by atoms with Crippen molar-refractivity contribution in [3.8, 4) is 5.75 Å². The molecule has 1 atom stereocenters. The van der Waals surface area contributed by atoms with Crippen LogP contribution in [0.25, 0.3) is 0 Å². The molecular weight excluding hydrogens is 274 g/mol. The summed E-state index contributed by atoms with van der Waals surface area (Å²) in [6.07, 6.45) is 0.528. The smallest absolute Gasteiger partial charge is 0.256 e. The average Bonchev–Trinajstić information content (AvgIpc) is 2.53. The number of nitrogens with one attached hydrogen (secondary N) is 1. The molecule has 0 bridgehead atoms. The minimum atomic E-state index is -0.921. The Hall–Kier alpha value is -2.28. The van der Waals surface area contributed by atoms with Crippen LogP contribution in [0.4, 0.5) is 5.69 Å². The summed E-state index contributed by atoms with van der Waals surface area (Å²) in [5, 5.41) is 14.4. The highest BCUT2D eigenvalue weighted by atomic mass is 16.5. The van der Waals surface area contributed by atoms with E-state index in [1.165, 1.54) is 14.2 Å². The Balaban J connectivity index is 3.07. The predicted molar refractivity (Wildman–Crippen MR) is 79.8 cm³/mol. The van der Waals surface area contributed by atoms with Crippen molar-refractivity contribution >= 4 is 17.4 Å². The molecule has 0 aromatic heterocycles. The Morgan fingerprint density at radius 3 is 2.62 bits per heavy atom. The molecule has 0 fully saturated rings. The molecule has 7 nitrogen and oxygen atoms in total. The number of amides is 1. The number of anilines is 1. The highest BCUT2D eigenvalue weighted by Gasteiger charge is 2.31. The number of methoxy groups -OCH3 is 2. The third-order valence-electron chi connectivity index (χ3n) is 3.46. The first-order valence-electron chi connectivity index (χ1n) is 6.44. The van der Waals surface area contributed by atoms with E-state index in [9.17, 15) is 4.79 Å². The molecule has 0 aliphatic heterocycles. The number of ether oxygens (including phenoxy) is 2. The lowest BCUT2D eigenvalue weighted by Gasteiger charge is -2.25. The Labute approximate surface area is 123 Å². The van der Waals surface area contributed by atoms with Gasteiger partial charge in [-0.25, -0.2) is 0 Å². The van der Waals surface area contributed by atoms with Crippen molar-refractivity contribution in [2.45, 2.75) is 25.9 Å². The Bertz CT molecular complexity index is 539. The number of nitrogens with zero attached hydrogens (tertiary/aromatic N) is 1. The number of carbonyl (C=O) groups excluding carboxylic acids is 1. The number of oxime groups is 1. The van der Waals surface area contributed by atoms with E-state index in [0.29, 0.717) is 23.4 Å². The Kier molecular flexibility index (Phi) is 5.54. The molecule has 116 valence electrons. The minimum absolute atomic E-state index is 0.0403. The molecule has 7 heteroatoms. The zero-order valence-corrected chi connectivity index (χ0v) is 12.6. The molecule has 21 heavy (non-hydrogen) atoms. The van der Waals surface area contributed by atoms with E-state index < -0.39 is 5.60 Å². The first-order chi connectivity index (χ1) is 9.91. The van der Waals surface area contributed by atoms with Gasteiger partial charge in [0.15, 0.2) is 5.84 Å². The molecule has 4 N–H and O–H groups in total.